The summed E-state index contributed by atoms with van der Waals surface area (Å²) in [6.07, 6.45) is 4.57. The summed E-state index contributed by atoms with van der Waals surface area (Å²) in [5.41, 5.74) is 2.90. The number of anilines is 2. The second-order valence-corrected chi connectivity index (χ2v) is 8.07. The van der Waals surface area contributed by atoms with E-state index in [1.54, 1.807) is 40.2 Å². The third-order valence-corrected chi connectivity index (χ3v) is 5.59. The second kappa shape index (κ2) is 7.96. The van der Waals surface area contributed by atoms with Gasteiger partial charge in [-0.2, -0.15) is 5.10 Å². The molecular weight excluding hydrogens is 406 g/mol. The summed E-state index contributed by atoms with van der Waals surface area (Å²) in [6, 6.07) is 12.7. The number of hydrogen-bond acceptors (Lipinski definition) is 5. The number of amides is 2. The van der Waals surface area contributed by atoms with E-state index in [9.17, 15) is 9.59 Å². The normalized spacial score (nSPS) is 14.0. The first kappa shape index (κ1) is 20.0. The molecule has 1 aliphatic heterocycles. The smallest absolute Gasteiger partial charge is 0.256 e. The summed E-state index contributed by atoms with van der Waals surface area (Å²) < 4.78 is 7.32. The van der Waals surface area contributed by atoms with Crippen LogP contribution in [0, 0.1) is 0 Å². The zero-order chi connectivity index (χ0) is 22.2. The Morgan fingerprint density at radius 2 is 2.03 bits per heavy atom. The van der Waals surface area contributed by atoms with Gasteiger partial charge in [-0.25, -0.2) is 9.67 Å². The number of carbonyl (C=O) groups excluding carboxylic acids is 2. The highest BCUT2D eigenvalue weighted by Crippen LogP contribution is 2.31. The first-order valence-electron chi connectivity index (χ1n) is 10.7. The highest BCUT2D eigenvalue weighted by atomic mass is 16.3. The number of nitrogens with zero attached hydrogens (tertiary/aromatic N) is 4. The Labute approximate surface area is 184 Å². The maximum Gasteiger partial charge on any atom is 0.256 e. The molecule has 1 aliphatic rings. The lowest BCUT2D eigenvalue weighted by atomic mass is 10.1. The van der Waals surface area contributed by atoms with Crippen molar-refractivity contribution in [1.29, 1.82) is 0 Å². The molecule has 2 amide bonds. The molecule has 5 rings (SSSR count). The van der Waals surface area contributed by atoms with Crippen molar-refractivity contribution in [3.05, 3.63) is 60.5 Å². The molecule has 0 spiro atoms. The quantitative estimate of drug-likeness (QED) is 0.498. The fraction of sp³-hybridized carbons (Fsp3) is 0.250. The van der Waals surface area contributed by atoms with Gasteiger partial charge in [0.1, 0.15) is 5.69 Å². The van der Waals surface area contributed by atoms with Gasteiger partial charge in [-0.1, -0.05) is 12.1 Å². The van der Waals surface area contributed by atoms with Crippen LogP contribution < -0.4 is 10.2 Å². The van der Waals surface area contributed by atoms with Crippen LogP contribution >= 0.6 is 0 Å². The molecule has 3 aromatic heterocycles. The summed E-state index contributed by atoms with van der Waals surface area (Å²) in [6.45, 7) is 4.67. The van der Waals surface area contributed by atoms with Gasteiger partial charge in [0.25, 0.3) is 5.91 Å². The molecule has 4 aromatic rings. The number of nitrogens with one attached hydrogen (secondary N) is 1. The maximum absolute atomic E-state index is 13.5. The predicted octanol–water partition coefficient (Wildman–Crippen LogP) is 4.65. The van der Waals surface area contributed by atoms with E-state index in [1.807, 2.05) is 38.1 Å². The number of pyridine rings is 1. The van der Waals surface area contributed by atoms with E-state index >= 15 is 0 Å². The molecule has 0 aliphatic carbocycles. The van der Waals surface area contributed by atoms with Crippen molar-refractivity contribution >= 4 is 34.2 Å². The van der Waals surface area contributed by atoms with Gasteiger partial charge < -0.3 is 14.6 Å². The molecule has 1 saturated heterocycles. The number of furan rings is 1. The van der Waals surface area contributed by atoms with Crippen LogP contribution in [-0.2, 0) is 4.79 Å². The molecule has 32 heavy (non-hydrogen) atoms. The Kier molecular flexibility index (Phi) is 4.97. The topological polar surface area (TPSA) is 93.3 Å². The molecular formula is C24H23N5O3. The van der Waals surface area contributed by atoms with Crippen LogP contribution in [-0.4, -0.2) is 33.1 Å². The number of aromatic nitrogens is 3. The van der Waals surface area contributed by atoms with E-state index in [0.717, 1.165) is 6.42 Å². The maximum atomic E-state index is 13.5. The Bertz CT molecular complexity index is 1310. The Morgan fingerprint density at radius 1 is 1.19 bits per heavy atom. The fourth-order valence-electron chi connectivity index (χ4n) is 4.04. The van der Waals surface area contributed by atoms with Crippen molar-refractivity contribution in [3.8, 4) is 11.5 Å². The monoisotopic (exact) mass is 429 g/mol. The van der Waals surface area contributed by atoms with E-state index in [1.165, 1.54) is 0 Å². The van der Waals surface area contributed by atoms with Gasteiger partial charge in [-0.3, -0.25) is 9.59 Å². The van der Waals surface area contributed by atoms with Crippen LogP contribution in [0.3, 0.4) is 0 Å². The molecule has 4 heterocycles. The first-order chi connectivity index (χ1) is 15.5. The average Bonchev–Trinajstić information content (AvgIpc) is 3.54. The molecule has 1 N–H and O–H groups in total. The van der Waals surface area contributed by atoms with Crippen molar-refractivity contribution in [1.82, 2.24) is 14.8 Å². The minimum absolute atomic E-state index is 0.0660. The zero-order valence-electron chi connectivity index (χ0n) is 17.9. The molecule has 1 aromatic carbocycles. The van der Waals surface area contributed by atoms with Crippen LogP contribution in [0.15, 0.2) is 59.3 Å². The standard InChI is InChI=1S/C24H23N5O3/c1-15(2)29-23-17(14-25-29)16(13-19(26-23)21-9-6-12-32-21)24(31)27-18-7-3-4-8-20(18)28-11-5-10-22(28)30/h3-4,6-9,12-15H,5,10-11H2,1-2H3,(H,27,31). The van der Waals surface area contributed by atoms with E-state index in [-0.39, 0.29) is 17.9 Å². The molecule has 1 fully saturated rings. The van der Waals surface area contributed by atoms with Crippen molar-refractivity contribution in [2.45, 2.75) is 32.7 Å². The number of benzene rings is 1. The highest BCUT2D eigenvalue weighted by molar-refractivity contribution is 6.14. The van der Waals surface area contributed by atoms with E-state index in [2.05, 4.69) is 10.4 Å². The number of rotatable bonds is 5. The first-order valence-corrected chi connectivity index (χ1v) is 10.7. The van der Waals surface area contributed by atoms with Gasteiger partial charge in [-0.15, -0.1) is 0 Å². The molecule has 162 valence electrons. The largest absolute Gasteiger partial charge is 0.463 e. The molecule has 0 unspecified atom stereocenters. The SMILES string of the molecule is CC(C)n1ncc2c(C(=O)Nc3ccccc3N3CCCC3=O)cc(-c3ccco3)nc21. The lowest BCUT2D eigenvalue weighted by Crippen LogP contribution is -2.25. The number of para-hydroxylation sites is 2. The summed E-state index contributed by atoms with van der Waals surface area (Å²) in [5, 5.41) is 8.10. The summed E-state index contributed by atoms with van der Waals surface area (Å²) in [5.74, 6) is 0.337. The average molecular weight is 429 g/mol. The Balaban J connectivity index is 1.58. The van der Waals surface area contributed by atoms with Crippen molar-refractivity contribution in [2.75, 3.05) is 16.8 Å². The van der Waals surface area contributed by atoms with Gasteiger partial charge in [0.15, 0.2) is 11.4 Å². The number of hydrogen-bond donors (Lipinski definition) is 1. The van der Waals surface area contributed by atoms with Crippen molar-refractivity contribution in [2.24, 2.45) is 0 Å². The third kappa shape index (κ3) is 3.43. The van der Waals surface area contributed by atoms with Gasteiger partial charge in [0.2, 0.25) is 5.91 Å². The van der Waals surface area contributed by atoms with Crippen LogP contribution in [0.4, 0.5) is 11.4 Å². The van der Waals surface area contributed by atoms with Gasteiger partial charge in [0.05, 0.1) is 34.8 Å². The van der Waals surface area contributed by atoms with Gasteiger partial charge in [0, 0.05) is 19.0 Å². The summed E-state index contributed by atoms with van der Waals surface area (Å²) in [7, 11) is 0. The molecule has 0 atom stereocenters. The summed E-state index contributed by atoms with van der Waals surface area (Å²) >= 11 is 0. The lowest BCUT2D eigenvalue weighted by molar-refractivity contribution is -0.117. The third-order valence-electron chi connectivity index (χ3n) is 5.59. The van der Waals surface area contributed by atoms with Gasteiger partial charge in [-0.05, 0) is 50.6 Å². The molecule has 8 nitrogen and oxygen atoms in total. The van der Waals surface area contributed by atoms with E-state index < -0.39 is 0 Å². The summed E-state index contributed by atoms with van der Waals surface area (Å²) in [4.78, 5) is 32.2. The second-order valence-electron chi connectivity index (χ2n) is 8.07. The van der Waals surface area contributed by atoms with Crippen LogP contribution in [0.25, 0.3) is 22.5 Å². The molecule has 0 saturated carbocycles. The van der Waals surface area contributed by atoms with Crippen LogP contribution in [0.1, 0.15) is 43.1 Å². The molecule has 8 heteroatoms. The minimum atomic E-state index is -0.299. The van der Waals surface area contributed by atoms with Crippen LogP contribution in [0.2, 0.25) is 0 Å². The van der Waals surface area contributed by atoms with E-state index in [0.29, 0.717) is 52.4 Å². The minimum Gasteiger partial charge on any atom is -0.463 e. The molecule has 0 bridgehead atoms. The number of carbonyl (C=O) groups is 2. The van der Waals surface area contributed by atoms with Crippen LogP contribution in [0.5, 0.6) is 0 Å². The van der Waals surface area contributed by atoms with Gasteiger partial charge >= 0.3 is 0 Å². The Morgan fingerprint density at radius 3 is 2.75 bits per heavy atom. The zero-order valence-corrected chi connectivity index (χ0v) is 17.9. The number of fused-ring (bicyclic) bond motifs is 1. The fourth-order valence-corrected chi connectivity index (χ4v) is 4.04. The van der Waals surface area contributed by atoms with E-state index in [4.69, 9.17) is 9.40 Å². The highest BCUT2D eigenvalue weighted by Gasteiger charge is 2.25. The lowest BCUT2D eigenvalue weighted by Gasteiger charge is -2.20. The predicted molar refractivity (Wildman–Crippen MR) is 122 cm³/mol. The molecule has 0 radical (unpaired) electrons. The van der Waals surface area contributed by atoms with Crippen molar-refractivity contribution in [3.63, 3.8) is 0 Å². The Hall–Kier alpha value is -3.94. The van der Waals surface area contributed by atoms with Crippen molar-refractivity contribution < 1.29 is 14.0 Å².